The molecule has 1 fully saturated rings. The number of carbonyl (C=O) groups excluding carboxylic acids is 1. The molecular formula is C19H22BrClN2O3. The lowest BCUT2D eigenvalue weighted by Gasteiger charge is -2.33. The molecule has 1 amide bonds. The normalized spacial score (nSPS) is 16.2. The maximum Gasteiger partial charge on any atom is 0.258 e. The van der Waals surface area contributed by atoms with E-state index in [1.807, 2.05) is 12.1 Å². The number of likely N-dealkylation sites (tertiary alicyclic amines) is 1. The summed E-state index contributed by atoms with van der Waals surface area (Å²) in [6.45, 7) is 2.49. The zero-order chi connectivity index (χ0) is 18.4. The van der Waals surface area contributed by atoms with Gasteiger partial charge in [-0.3, -0.25) is 9.69 Å². The Kier molecular flexibility index (Phi) is 7.00. The van der Waals surface area contributed by atoms with Crippen LogP contribution in [0.1, 0.15) is 31.1 Å². The van der Waals surface area contributed by atoms with E-state index in [2.05, 4.69) is 26.1 Å². The van der Waals surface area contributed by atoms with Crippen molar-refractivity contribution >= 4 is 33.4 Å². The number of hydrogen-bond donors (Lipinski definition) is 1. The van der Waals surface area contributed by atoms with Gasteiger partial charge in [-0.15, -0.1) is 0 Å². The minimum atomic E-state index is -0.166. The van der Waals surface area contributed by atoms with Crippen molar-refractivity contribution in [3.63, 3.8) is 0 Å². The standard InChI is InChI=1S/C19H22BrClN2O3/c20-15-11-14(21)6-7-17(15)26-13-19(24)22-12-16(18-5-4-10-25-18)23-8-2-1-3-9-23/h4-7,10-11,16H,1-3,8-9,12-13H2,(H,22,24). The van der Waals surface area contributed by atoms with Crippen molar-refractivity contribution in [1.82, 2.24) is 10.2 Å². The highest BCUT2D eigenvalue weighted by Gasteiger charge is 2.24. The molecule has 1 aliphatic rings. The molecule has 1 aromatic carbocycles. The highest BCUT2D eigenvalue weighted by atomic mass is 79.9. The second kappa shape index (κ2) is 9.44. The average Bonchev–Trinajstić information content (AvgIpc) is 3.16. The number of nitrogens with one attached hydrogen (secondary N) is 1. The molecule has 1 atom stereocenters. The molecule has 140 valence electrons. The molecule has 5 nitrogen and oxygen atoms in total. The summed E-state index contributed by atoms with van der Waals surface area (Å²) >= 11 is 9.29. The van der Waals surface area contributed by atoms with E-state index in [-0.39, 0.29) is 18.6 Å². The quantitative estimate of drug-likeness (QED) is 0.691. The van der Waals surface area contributed by atoms with Gasteiger partial charge in [-0.05, 0) is 72.2 Å². The largest absolute Gasteiger partial charge is 0.483 e. The zero-order valence-electron chi connectivity index (χ0n) is 14.4. The van der Waals surface area contributed by atoms with Crippen LogP contribution in [-0.2, 0) is 4.79 Å². The third kappa shape index (κ3) is 5.25. The number of rotatable bonds is 7. The van der Waals surface area contributed by atoms with Gasteiger partial charge in [-0.2, -0.15) is 0 Å². The molecule has 0 spiro atoms. The van der Waals surface area contributed by atoms with Gasteiger partial charge in [-0.1, -0.05) is 18.0 Å². The minimum Gasteiger partial charge on any atom is -0.483 e. The first-order valence-corrected chi connectivity index (χ1v) is 9.92. The summed E-state index contributed by atoms with van der Waals surface area (Å²) in [5.74, 6) is 1.30. The Morgan fingerprint density at radius 2 is 2.12 bits per heavy atom. The van der Waals surface area contributed by atoms with Gasteiger partial charge >= 0.3 is 0 Å². The van der Waals surface area contributed by atoms with Crippen molar-refractivity contribution in [2.75, 3.05) is 26.2 Å². The van der Waals surface area contributed by atoms with E-state index in [1.165, 1.54) is 19.3 Å². The summed E-state index contributed by atoms with van der Waals surface area (Å²) in [7, 11) is 0. The van der Waals surface area contributed by atoms with E-state index >= 15 is 0 Å². The van der Waals surface area contributed by atoms with Crippen molar-refractivity contribution in [3.8, 4) is 5.75 Å². The van der Waals surface area contributed by atoms with Crippen molar-refractivity contribution in [1.29, 1.82) is 0 Å². The monoisotopic (exact) mass is 440 g/mol. The van der Waals surface area contributed by atoms with Crippen LogP contribution in [0.15, 0.2) is 45.5 Å². The van der Waals surface area contributed by atoms with Crippen molar-refractivity contribution in [2.24, 2.45) is 0 Å². The van der Waals surface area contributed by atoms with Crippen LogP contribution in [-0.4, -0.2) is 37.0 Å². The Morgan fingerprint density at radius 3 is 2.81 bits per heavy atom. The van der Waals surface area contributed by atoms with E-state index in [9.17, 15) is 4.79 Å². The van der Waals surface area contributed by atoms with Crippen LogP contribution in [0.3, 0.4) is 0 Å². The zero-order valence-corrected chi connectivity index (χ0v) is 16.8. The molecule has 1 unspecified atom stereocenters. The molecule has 1 aromatic heterocycles. The smallest absolute Gasteiger partial charge is 0.258 e. The molecule has 7 heteroatoms. The maximum absolute atomic E-state index is 12.2. The van der Waals surface area contributed by atoms with E-state index in [0.29, 0.717) is 17.3 Å². The number of halogens is 2. The Labute approximate surface area is 166 Å². The SMILES string of the molecule is O=C(COc1ccc(Cl)cc1Br)NCC(c1ccco1)N1CCCCC1. The molecule has 1 N–H and O–H groups in total. The van der Waals surface area contributed by atoms with Crippen LogP contribution in [0.5, 0.6) is 5.75 Å². The molecule has 2 aromatic rings. The topological polar surface area (TPSA) is 54.7 Å². The first-order chi connectivity index (χ1) is 12.6. The van der Waals surface area contributed by atoms with Gasteiger partial charge in [0, 0.05) is 11.6 Å². The maximum atomic E-state index is 12.2. The molecule has 3 rings (SSSR count). The predicted molar refractivity (Wildman–Crippen MR) is 105 cm³/mol. The Balaban J connectivity index is 1.53. The summed E-state index contributed by atoms with van der Waals surface area (Å²) in [5.41, 5.74) is 0. The lowest BCUT2D eigenvalue weighted by Crippen LogP contribution is -2.41. The highest BCUT2D eigenvalue weighted by Crippen LogP contribution is 2.28. The Hall–Kier alpha value is -1.50. The number of amides is 1. The summed E-state index contributed by atoms with van der Waals surface area (Å²) in [6.07, 6.45) is 5.30. The second-order valence-electron chi connectivity index (χ2n) is 6.30. The summed E-state index contributed by atoms with van der Waals surface area (Å²) in [4.78, 5) is 14.6. The summed E-state index contributed by atoms with van der Waals surface area (Å²) < 4.78 is 11.9. The van der Waals surface area contributed by atoms with E-state index in [1.54, 1.807) is 24.5 Å². The lowest BCUT2D eigenvalue weighted by atomic mass is 10.1. The number of ether oxygens (including phenoxy) is 1. The van der Waals surface area contributed by atoms with Crippen LogP contribution in [0.2, 0.25) is 5.02 Å². The van der Waals surface area contributed by atoms with Crippen LogP contribution in [0, 0.1) is 0 Å². The third-order valence-electron chi connectivity index (χ3n) is 4.45. The fourth-order valence-electron chi connectivity index (χ4n) is 3.12. The molecule has 1 aliphatic heterocycles. The molecule has 0 bridgehead atoms. The first-order valence-electron chi connectivity index (χ1n) is 8.75. The number of piperidine rings is 1. The second-order valence-corrected chi connectivity index (χ2v) is 7.59. The van der Waals surface area contributed by atoms with Crippen molar-refractivity contribution in [3.05, 3.63) is 51.9 Å². The molecule has 0 radical (unpaired) electrons. The van der Waals surface area contributed by atoms with Gasteiger partial charge in [0.05, 0.1) is 16.8 Å². The van der Waals surface area contributed by atoms with E-state index in [4.69, 9.17) is 20.8 Å². The van der Waals surface area contributed by atoms with E-state index in [0.717, 1.165) is 23.3 Å². The van der Waals surface area contributed by atoms with E-state index < -0.39 is 0 Å². The summed E-state index contributed by atoms with van der Waals surface area (Å²) in [6, 6.07) is 9.10. The van der Waals surface area contributed by atoms with Crippen LogP contribution in [0.4, 0.5) is 0 Å². The minimum absolute atomic E-state index is 0.0505. The third-order valence-corrected chi connectivity index (χ3v) is 5.30. The average molecular weight is 442 g/mol. The molecule has 0 aliphatic carbocycles. The summed E-state index contributed by atoms with van der Waals surface area (Å²) in [5, 5.41) is 3.57. The van der Waals surface area contributed by atoms with Gasteiger partial charge in [0.1, 0.15) is 11.5 Å². The number of benzene rings is 1. The molecule has 2 heterocycles. The van der Waals surface area contributed by atoms with Gasteiger partial charge in [0.15, 0.2) is 6.61 Å². The van der Waals surface area contributed by atoms with Crippen molar-refractivity contribution < 1.29 is 13.9 Å². The fraction of sp³-hybridized carbons (Fsp3) is 0.421. The molecule has 1 saturated heterocycles. The van der Waals surface area contributed by atoms with Crippen LogP contribution < -0.4 is 10.1 Å². The van der Waals surface area contributed by atoms with Crippen LogP contribution >= 0.6 is 27.5 Å². The Morgan fingerprint density at radius 1 is 1.31 bits per heavy atom. The number of hydrogen-bond acceptors (Lipinski definition) is 4. The highest BCUT2D eigenvalue weighted by molar-refractivity contribution is 9.10. The number of nitrogens with zero attached hydrogens (tertiary/aromatic N) is 1. The van der Waals surface area contributed by atoms with Gasteiger partial charge in [0.25, 0.3) is 5.91 Å². The molecule has 26 heavy (non-hydrogen) atoms. The lowest BCUT2D eigenvalue weighted by molar-refractivity contribution is -0.123. The first kappa shape index (κ1) is 19.3. The van der Waals surface area contributed by atoms with Crippen molar-refractivity contribution in [2.45, 2.75) is 25.3 Å². The fourth-order valence-corrected chi connectivity index (χ4v) is 3.91. The number of furan rings is 1. The van der Waals surface area contributed by atoms with Crippen LogP contribution in [0.25, 0.3) is 0 Å². The predicted octanol–water partition coefficient (Wildman–Crippen LogP) is 4.42. The number of carbonyl (C=O) groups is 1. The van der Waals surface area contributed by atoms with Gasteiger partial charge in [0.2, 0.25) is 0 Å². The Bertz CT molecular complexity index is 718. The van der Waals surface area contributed by atoms with Gasteiger partial charge < -0.3 is 14.5 Å². The van der Waals surface area contributed by atoms with Gasteiger partial charge in [-0.25, -0.2) is 0 Å². The molecular weight excluding hydrogens is 420 g/mol. The molecule has 0 saturated carbocycles.